The summed E-state index contributed by atoms with van der Waals surface area (Å²) in [5.41, 5.74) is 0.921. The first-order valence-electron chi connectivity index (χ1n) is 7.35. The van der Waals surface area contributed by atoms with Gasteiger partial charge in [-0.25, -0.2) is 9.97 Å². The third-order valence-electron chi connectivity index (χ3n) is 2.90. The maximum absolute atomic E-state index is 6.01. The molecule has 0 bridgehead atoms. The summed E-state index contributed by atoms with van der Waals surface area (Å²) < 4.78 is 0. The number of nitrogens with one attached hydrogen (secondary N) is 2. The Labute approximate surface area is 131 Å². The highest BCUT2D eigenvalue weighted by Crippen LogP contribution is 2.21. The van der Waals surface area contributed by atoms with E-state index in [1.807, 2.05) is 30.3 Å². The van der Waals surface area contributed by atoms with Gasteiger partial charge in [0.05, 0.1) is 0 Å². The van der Waals surface area contributed by atoms with E-state index < -0.39 is 0 Å². The van der Waals surface area contributed by atoms with Crippen LogP contribution in [-0.4, -0.2) is 16.5 Å². The molecule has 0 unspecified atom stereocenters. The van der Waals surface area contributed by atoms with Crippen LogP contribution < -0.4 is 10.6 Å². The zero-order valence-electron chi connectivity index (χ0n) is 12.5. The van der Waals surface area contributed by atoms with Gasteiger partial charge >= 0.3 is 0 Å². The molecule has 5 heteroatoms. The molecule has 0 radical (unpaired) electrons. The third-order valence-corrected chi connectivity index (χ3v) is 3.13. The number of halogens is 1. The van der Waals surface area contributed by atoms with E-state index in [9.17, 15) is 0 Å². The lowest BCUT2D eigenvalue weighted by molar-refractivity contribution is 0.834. The van der Waals surface area contributed by atoms with Crippen molar-refractivity contribution in [2.24, 2.45) is 0 Å². The predicted molar refractivity (Wildman–Crippen MR) is 89.5 cm³/mol. The summed E-state index contributed by atoms with van der Waals surface area (Å²) in [7, 11) is 0. The summed E-state index contributed by atoms with van der Waals surface area (Å²) >= 11 is 6.01. The van der Waals surface area contributed by atoms with E-state index in [-0.39, 0.29) is 0 Å². The van der Waals surface area contributed by atoms with Gasteiger partial charge in [0, 0.05) is 29.7 Å². The molecule has 21 heavy (non-hydrogen) atoms. The molecular formula is C16H21ClN4. The van der Waals surface area contributed by atoms with Crippen LogP contribution in [-0.2, 0) is 6.42 Å². The minimum Gasteiger partial charge on any atom is -0.370 e. The van der Waals surface area contributed by atoms with E-state index in [0.29, 0.717) is 5.02 Å². The molecule has 0 aliphatic rings. The molecule has 1 aromatic carbocycles. The van der Waals surface area contributed by atoms with Gasteiger partial charge in [-0.05, 0) is 31.0 Å². The SMILES string of the molecule is CCCNc1cc(Nc2cccc(Cl)c2)nc(CCC)n1. The van der Waals surface area contributed by atoms with Crippen molar-refractivity contribution < 1.29 is 0 Å². The monoisotopic (exact) mass is 304 g/mol. The fourth-order valence-electron chi connectivity index (χ4n) is 1.95. The fraction of sp³-hybridized carbons (Fsp3) is 0.375. The highest BCUT2D eigenvalue weighted by molar-refractivity contribution is 6.30. The molecule has 1 aromatic heterocycles. The van der Waals surface area contributed by atoms with Crippen LogP contribution in [0.2, 0.25) is 5.02 Å². The molecule has 4 nitrogen and oxygen atoms in total. The Kier molecular flexibility index (Phi) is 5.81. The molecule has 0 aliphatic heterocycles. The minimum atomic E-state index is 0.701. The van der Waals surface area contributed by atoms with Crippen LogP contribution in [0.3, 0.4) is 0 Å². The van der Waals surface area contributed by atoms with Crippen LogP contribution in [0.15, 0.2) is 30.3 Å². The largest absolute Gasteiger partial charge is 0.370 e. The van der Waals surface area contributed by atoms with E-state index in [1.165, 1.54) is 0 Å². The Morgan fingerprint density at radius 3 is 2.57 bits per heavy atom. The first-order valence-corrected chi connectivity index (χ1v) is 7.73. The maximum atomic E-state index is 6.01. The Morgan fingerprint density at radius 2 is 1.86 bits per heavy atom. The molecule has 0 fully saturated rings. The van der Waals surface area contributed by atoms with Crippen molar-refractivity contribution >= 4 is 28.9 Å². The van der Waals surface area contributed by atoms with E-state index in [0.717, 1.165) is 49.0 Å². The molecule has 2 rings (SSSR count). The lowest BCUT2D eigenvalue weighted by atomic mass is 10.3. The van der Waals surface area contributed by atoms with Gasteiger partial charge in [-0.1, -0.05) is 31.5 Å². The number of anilines is 3. The van der Waals surface area contributed by atoms with Gasteiger partial charge in [-0.3, -0.25) is 0 Å². The predicted octanol–water partition coefficient (Wildman–Crippen LogP) is 4.65. The van der Waals surface area contributed by atoms with Gasteiger partial charge in [0.1, 0.15) is 17.5 Å². The van der Waals surface area contributed by atoms with Crippen molar-refractivity contribution in [3.05, 3.63) is 41.2 Å². The highest BCUT2D eigenvalue weighted by Gasteiger charge is 2.05. The van der Waals surface area contributed by atoms with E-state index in [1.54, 1.807) is 0 Å². The number of nitrogens with zero attached hydrogens (tertiary/aromatic N) is 2. The second-order valence-corrected chi connectivity index (χ2v) is 5.30. The molecule has 1 heterocycles. The summed E-state index contributed by atoms with van der Waals surface area (Å²) in [5, 5.41) is 7.30. The number of hydrogen-bond donors (Lipinski definition) is 2. The van der Waals surface area contributed by atoms with Gasteiger partial charge in [-0.15, -0.1) is 0 Å². The standard InChI is InChI=1S/C16H21ClN4/c1-3-6-14-20-15(18-9-4-2)11-16(21-14)19-13-8-5-7-12(17)10-13/h5,7-8,10-11H,3-4,6,9H2,1-2H3,(H2,18,19,20,21). The Balaban J connectivity index is 2.22. The smallest absolute Gasteiger partial charge is 0.136 e. The molecule has 0 atom stereocenters. The number of benzene rings is 1. The van der Waals surface area contributed by atoms with E-state index in [4.69, 9.17) is 11.6 Å². The molecule has 2 aromatic rings. The van der Waals surface area contributed by atoms with Gasteiger partial charge in [0.2, 0.25) is 0 Å². The first kappa shape index (κ1) is 15.6. The van der Waals surface area contributed by atoms with E-state index in [2.05, 4.69) is 34.4 Å². The van der Waals surface area contributed by atoms with E-state index >= 15 is 0 Å². The number of hydrogen-bond acceptors (Lipinski definition) is 4. The van der Waals surface area contributed by atoms with Crippen molar-refractivity contribution in [1.82, 2.24) is 9.97 Å². The van der Waals surface area contributed by atoms with Crippen LogP contribution in [0.5, 0.6) is 0 Å². The normalized spacial score (nSPS) is 10.4. The maximum Gasteiger partial charge on any atom is 0.136 e. The lowest BCUT2D eigenvalue weighted by Crippen LogP contribution is -2.07. The van der Waals surface area contributed by atoms with Crippen LogP contribution in [0.1, 0.15) is 32.5 Å². The number of aromatic nitrogens is 2. The summed E-state index contributed by atoms with van der Waals surface area (Å²) in [6.45, 7) is 5.16. The van der Waals surface area contributed by atoms with Gasteiger partial charge in [0.15, 0.2) is 0 Å². The molecule has 0 saturated heterocycles. The highest BCUT2D eigenvalue weighted by atomic mass is 35.5. The van der Waals surface area contributed by atoms with Gasteiger partial charge in [0.25, 0.3) is 0 Å². The van der Waals surface area contributed by atoms with Crippen molar-refractivity contribution in [2.45, 2.75) is 33.1 Å². The molecular weight excluding hydrogens is 284 g/mol. The average molecular weight is 305 g/mol. The zero-order valence-corrected chi connectivity index (χ0v) is 13.2. The second kappa shape index (κ2) is 7.84. The molecule has 112 valence electrons. The fourth-order valence-corrected chi connectivity index (χ4v) is 2.14. The topological polar surface area (TPSA) is 49.8 Å². The summed E-state index contributed by atoms with van der Waals surface area (Å²) in [5.74, 6) is 2.50. The van der Waals surface area contributed by atoms with Gasteiger partial charge in [-0.2, -0.15) is 0 Å². The lowest BCUT2D eigenvalue weighted by Gasteiger charge is -2.11. The molecule has 0 spiro atoms. The quantitative estimate of drug-likeness (QED) is 0.782. The Hall–Kier alpha value is -1.81. The Morgan fingerprint density at radius 1 is 1.05 bits per heavy atom. The van der Waals surface area contributed by atoms with Crippen molar-refractivity contribution in [3.63, 3.8) is 0 Å². The Bertz CT molecular complexity index is 586. The second-order valence-electron chi connectivity index (χ2n) is 4.87. The molecule has 0 saturated carbocycles. The number of aryl methyl sites for hydroxylation is 1. The number of rotatable bonds is 7. The summed E-state index contributed by atoms with van der Waals surface area (Å²) in [6.07, 6.45) is 2.95. The molecule has 0 aliphatic carbocycles. The molecule has 2 N–H and O–H groups in total. The van der Waals surface area contributed by atoms with Crippen LogP contribution in [0.4, 0.5) is 17.3 Å². The van der Waals surface area contributed by atoms with Gasteiger partial charge < -0.3 is 10.6 Å². The van der Waals surface area contributed by atoms with Crippen molar-refractivity contribution in [2.75, 3.05) is 17.2 Å². The molecule has 0 amide bonds. The van der Waals surface area contributed by atoms with Crippen LogP contribution >= 0.6 is 11.6 Å². The summed E-state index contributed by atoms with van der Waals surface area (Å²) in [6, 6.07) is 9.53. The summed E-state index contributed by atoms with van der Waals surface area (Å²) in [4.78, 5) is 9.08. The van der Waals surface area contributed by atoms with Crippen LogP contribution in [0.25, 0.3) is 0 Å². The minimum absolute atomic E-state index is 0.701. The van der Waals surface area contributed by atoms with Crippen molar-refractivity contribution in [1.29, 1.82) is 0 Å². The average Bonchev–Trinajstić information content (AvgIpc) is 2.45. The third kappa shape index (κ3) is 4.90. The van der Waals surface area contributed by atoms with Crippen LogP contribution in [0, 0.1) is 0 Å². The zero-order chi connectivity index (χ0) is 15.1. The van der Waals surface area contributed by atoms with Crippen molar-refractivity contribution in [3.8, 4) is 0 Å². The first-order chi connectivity index (χ1) is 10.2.